The maximum atomic E-state index is 12.4. The second-order valence-corrected chi connectivity index (χ2v) is 8.22. The molecule has 6 nitrogen and oxygen atoms in total. The molecule has 0 aliphatic carbocycles. The van der Waals surface area contributed by atoms with E-state index in [2.05, 4.69) is 27.6 Å². The molecule has 4 aromatic rings. The Balaban J connectivity index is 1.46. The van der Waals surface area contributed by atoms with Crippen LogP contribution in [0.3, 0.4) is 0 Å². The van der Waals surface area contributed by atoms with Gasteiger partial charge in [-0.1, -0.05) is 78.0 Å². The van der Waals surface area contributed by atoms with Crippen LogP contribution in [0, 0.1) is 6.92 Å². The van der Waals surface area contributed by atoms with Gasteiger partial charge in [0.05, 0.1) is 12.3 Å². The second kappa shape index (κ2) is 10.6. The Morgan fingerprint density at radius 3 is 2.34 bits per heavy atom. The topological polar surface area (TPSA) is 69.0 Å². The van der Waals surface area contributed by atoms with E-state index in [1.54, 1.807) is 0 Å². The molecule has 7 heteroatoms. The molecule has 0 atom stereocenters. The van der Waals surface area contributed by atoms with Crippen LogP contribution in [0.15, 0.2) is 90.1 Å². The van der Waals surface area contributed by atoms with Gasteiger partial charge < -0.3 is 10.1 Å². The highest BCUT2D eigenvalue weighted by molar-refractivity contribution is 7.99. The van der Waals surface area contributed by atoms with Crippen LogP contribution in [0.5, 0.6) is 5.75 Å². The average molecular weight is 445 g/mol. The van der Waals surface area contributed by atoms with Crippen LogP contribution in [0.2, 0.25) is 0 Å². The number of ether oxygens (including phenoxy) is 1. The lowest BCUT2D eigenvalue weighted by Crippen LogP contribution is -2.15. The summed E-state index contributed by atoms with van der Waals surface area (Å²) in [6.07, 6.45) is 0. The number of benzene rings is 3. The van der Waals surface area contributed by atoms with Crippen LogP contribution in [0.25, 0.3) is 0 Å². The van der Waals surface area contributed by atoms with Crippen molar-refractivity contribution in [2.45, 2.75) is 25.2 Å². The number of carbonyl (C=O) groups is 1. The molecule has 0 aliphatic rings. The molecule has 1 N–H and O–H groups in total. The maximum Gasteiger partial charge on any atom is 0.234 e. The number of hydrogen-bond acceptors (Lipinski definition) is 5. The van der Waals surface area contributed by atoms with Crippen molar-refractivity contribution in [1.82, 2.24) is 14.8 Å². The molecule has 0 spiro atoms. The monoisotopic (exact) mass is 444 g/mol. The molecule has 1 amide bonds. The fraction of sp³-hybridized carbons (Fsp3) is 0.160. The Hall–Kier alpha value is -3.58. The van der Waals surface area contributed by atoms with Gasteiger partial charge in [0.25, 0.3) is 0 Å². The standard InChI is InChI=1S/C25H24N4O2S/c1-19-12-14-22(15-13-19)31-17-23-27-28-25(29(23)16-20-8-4-2-5-9-20)32-18-24(30)26-21-10-6-3-7-11-21/h2-15H,16-18H2,1H3,(H,26,30). The van der Waals surface area contributed by atoms with Crippen LogP contribution < -0.4 is 10.1 Å². The normalized spacial score (nSPS) is 10.7. The predicted octanol–water partition coefficient (Wildman–Crippen LogP) is 4.94. The SMILES string of the molecule is Cc1ccc(OCc2nnc(SCC(=O)Nc3ccccc3)n2Cc2ccccc2)cc1. The molecule has 1 aromatic heterocycles. The van der Waals surface area contributed by atoms with Crippen molar-refractivity contribution < 1.29 is 9.53 Å². The zero-order chi connectivity index (χ0) is 22.2. The minimum Gasteiger partial charge on any atom is -0.486 e. The minimum atomic E-state index is -0.0899. The van der Waals surface area contributed by atoms with E-state index >= 15 is 0 Å². The van der Waals surface area contributed by atoms with Gasteiger partial charge in [-0.05, 0) is 36.8 Å². The summed E-state index contributed by atoms with van der Waals surface area (Å²) in [4.78, 5) is 12.4. The number of anilines is 1. The van der Waals surface area contributed by atoms with E-state index in [1.165, 1.54) is 17.3 Å². The summed E-state index contributed by atoms with van der Waals surface area (Å²) in [5.41, 5.74) is 3.08. The third kappa shape index (κ3) is 5.98. The van der Waals surface area contributed by atoms with Gasteiger partial charge in [-0.25, -0.2) is 0 Å². The predicted molar refractivity (Wildman–Crippen MR) is 127 cm³/mol. The molecular weight excluding hydrogens is 420 g/mol. The molecule has 1 heterocycles. The van der Waals surface area contributed by atoms with Crippen LogP contribution in [-0.4, -0.2) is 26.4 Å². The number of thioether (sulfide) groups is 1. The van der Waals surface area contributed by atoms with Crippen molar-refractivity contribution in [3.05, 3.63) is 102 Å². The molecule has 32 heavy (non-hydrogen) atoms. The fourth-order valence-corrected chi connectivity index (χ4v) is 3.85. The number of nitrogens with one attached hydrogen (secondary N) is 1. The molecule has 162 valence electrons. The first kappa shape index (κ1) is 21.6. The number of aromatic nitrogens is 3. The van der Waals surface area contributed by atoms with E-state index in [-0.39, 0.29) is 11.7 Å². The van der Waals surface area contributed by atoms with E-state index in [4.69, 9.17) is 4.74 Å². The van der Waals surface area contributed by atoms with Gasteiger partial charge >= 0.3 is 0 Å². The minimum absolute atomic E-state index is 0.0899. The first-order valence-electron chi connectivity index (χ1n) is 10.3. The zero-order valence-electron chi connectivity index (χ0n) is 17.8. The Morgan fingerprint density at radius 2 is 1.62 bits per heavy atom. The summed E-state index contributed by atoms with van der Waals surface area (Å²) in [7, 11) is 0. The second-order valence-electron chi connectivity index (χ2n) is 7.28. The molecule has 0 bridgehead atoms. The molecule has 4 rings (SSSR count). The Kier molecular flexibility index (Phi) is 7.19. The van der Waals surface area contributed by atoms with Crippen molar-refractivity contribution in [1.29, 1.82) is 0 Å². The summed E-state index contributed by atoms with van der Waals surface area (Å²) >= 11 is 1.36. The molecule has 0 fully saturated rings. The van der Waals surface area contributed by atoms with Crippen molar-refractivity contribution >= 4 is 23.4 Å². The fourth-order valence-electron chi connectivity index (χ4n) is 3.09. The summed E-state index contributed by atoms with van der Waals surface area (Å²) in [5.74, 6) is 1.63. The number of rotatable bonds is 9. The van der Waals surface area contributed by atoms with E-state index in [0.717, 1.165) is 17.0 Å². The van der Waals surface area contributed by atoms with E-state index in [9.17, 15) is 4.79 Å². The van der Waals surface area contributed by atoms with Crippen LogP contribution in [0.4, 0.5) is 5.69 Å². The molecule has 0 radical (unpaired) electrons. The third-order valence-corrected chi connectivity index (χ3v) is 5.72. The zero-order valence-corrected chi connectivity index (χ0v) is 18.6. The first-order chi connectivity index (χ1) is 15.7. The van der Waals surface area contributed by atoms with Crippen molar-refractivity contribution in [3.63, 3.8) is 0 Å². The average Bonchev–Trinajstić information content (AvgIpc) is 3.20. The lowest BCUT2D eigenvalue weighted by Gasteiger charge is -2.11. The largest absolute Gasteiger partial charge is 0.486 e. The van der Waals surface area contributed by atoms with Gasteiger partial charge in [-0.3, -0.25) is 9.36 Å². The van der Waals surface area contributed by atoms with Gasteiger partial charge in [0.15, 0.2) is 11.0 Å². The lowest BCUT2D eigenvalue weighted by atomic mass is 10.2. The first-order valence-corrected chi connectivity index (χ1v) is 11.3. The van der Waals surface area contributed by atoms with E-state index in [1.807, 2.05) is 84.3 Å². The number of para-hydroxylation sites is 1. The molecule has 3 aromatic carbocycles. The van der Waals surface area contributed by atoms with E-state index in [0.29, 0.717) is 24.1 Å². The molecular formula is C25H24N4O2S. The highest BCUT2D eigenvalue weighted by atomic mass is 32.2. The molecule has 0 aliphatic heterocycles. The summed E-state index contributed by atoms with van der Waals surface area (Å²) < 4.78 is 7.94. The van der Waals surface area contributed by atoms with E-state index < -0.39 is 0 Å². The van der Waals surface area contributed by atoms with Gasteiger partial charge in [-0.2, -0.15) is 0 Å². The van der Waals surface area contributed by atoms with Crippen molar-refractivity contribution in [2.24, 2.45) is 0 Å². The van der Waals surface area contributed by atoms with Gasteiger partial charge in [0.1, 0.15) is 12.4 Å². The number of aryl methyl sites for hydroxylation is 1. The molecule has 0 unspecified atom stereocenters. The lowest BCUT2D eigenvalue weighted by molar-refractivity contribution is -0.113. The molecule has 0 saturated carbocycles. The highest BCUT2D eigenvalue weighted by Crippen LogP contribution is 2.21. The smallest absolute Gasteiger partial charge is 0.234 e. The van der Waals surface area contributed by atoms with Crippen molar-refractivity contribution in [2.75, 3.05) is 11.1 Å². The Bertz CT molecular complexity index is 1150. The van der Waals surface area contributed by atoms with Crippen LogP contribution >= 0.6 is 11.8 Å². The van der Waals surface area contributed by atoms with Gasteiger partial charge in [-0.15, -0.1) is 10.2 Å². The highest BCUT2D eigenvalue weighted by Gasteiger charge is 2.15. The Morgan fingerprint density at radius 1 is 0.938 bits per heavy atom. The van der Waals surface area contributed by atoms with Gasteiger partial charge in [0, 0.05) is 5.69 Å². The third-order valence-electron chi connectivity index (χ3n) is 4.76. The quantitative estimate of drug-likeness (QED) is 0.370. The maximum absolute atomic E-state index is 12.4. The Labute approximate surface area is 191 Å². The summed E-state index contributed by atoms with van der Waals surface area (Å²) in [6, 6.07) is 27.4. The van der Waals surface area contributed by atoms with Gasteiger partial charge in [0.2, 0.25) is 5.91 Å². The summed E-state index contributed by atoms with van der Waals surface area (Å²) in [5, 5.41) is 12.3. The number of carbonyl (C=O) groups excluding carboxylic acids is 1. The van der Waals surface area contributed by atoms with Crippen LogP contribution in [0.1, 0.15) is 17.0 Å². The molecule has 0 saturated heterocycles. The number of amides is 1. The van der Waals surface area contributed by atoms with Crippen molar-refractivity contribution in [3.8, 4) is 5.75 Å². The number of hydrogen-bond donors (Lipinski definition) is 1. The summed E-state index contributed by atoms with van der Waals surface area (Å²) in [6.45, 7) is 2.93. The number of nitrogens with zero attached hydrogens (tertiary/aromatic N) is 3. The van der Waals surface area contributed by atoms with Crippen LogP contribution in [-0.2, 0) is 17.9 Å².